The van der Waals surface area contributed by atoms with Crippen LogP contribution in [0, 0.1) is 10.8 Å². The van der Waals surface area contributed by atoms with Gasteiger partial charge in [-0.05, 0) is 65.7 Å². The van der Waals surface area contributed by atoms with E-state index in [2.05, 4.69) is 10.6 Å². The molecule has 0 atom stereocenters. The predicted molar refractivity (Wildman–Crippen MR) is 87.3 cm³/mol. The Morgan fingerprint density at radius 1 is 0.909 bits per heavy atom. The molecule has 2 aliphatic rings. The van der Waals surface area contributed by atoms with Gasteiger partial charge in [0.1, 0.15) is 0 Å². The molecule has 0 spiro atoms. The van der Waals surface area contributed by atoms with E-state index >= 15 is 0 Å². The maximum absolute atomic E-state index is 11.2. The molecule has 0 unspecified atom stereocenters. The molecular formula is C15H29ClN2O4. The van der Waals surface area contributed by atoms with Crippen molar-refractivity contribution in [2.24, 2.45) is 10.8 Å². The normalized spacial score (nSPS) is 22.3. The number of halogens is 1. The summed E-state index contributed by atoms with van der Waals surface area (Å²) in [7, 11) is 1.45. The number of carboxylic acid groups (broad SMARTS) is 1. The zero-order valence-corrected chi connectivity index (χ0v) is 14.6. The second kappa shape index (κ2) is 9.33. The smallest absolute Gasteiger partial charge is 0.311 e. The van der Waals surface area contributed by atoms with Gasteiger partial charge in [0, 0.05) is 0 Å². The van der Waals surface area contributed by atoms with E-state index in [1.165, 1.54) is 7.11 Å². The Kier molecular flexibility index (Phi) is 8.96. The van der Waals surface area contributed by atoms with Crippen molar-refractivity contribution >= 4 is 24.3 Å². The molecule has 2 heterocycles. The molecule has 0 aromatic heterocycles. The minimum Gasteiger partial charge on any atom is -0.481 e. The van der Waals surface area contributed by atoms with E-state index in [0.717, 1.165) is 51.9 Å². The number of piperidine rings is 2. The highest BCUT2D eigenvalue weighted by atomic mass is 35.5. The van der Waals surface area contributed by atoms with Crippen molar-refractivity contribution in [3.63, 3.8) is 0 Å². The van der Waals surface area contributed by atoms with Crippen LogP contribution in [0.25, 0.3) is 0 Å². The van der Waals surface area contributed by atoms with Gasteiger partial charge in [-0.1, -0.05) is 0 Å². The largest absolute Gasteiger partial charge is 0.481 e. The Bertz CT molecular complexity index is 365. The molecule has 2 saturated heterocycles. The molecule has 2 aliphatic heterocycles. The molecule has 3 N–H and O–H groups in total. The molecule has 0 radical (unpaired) electrons. The van der Waals surface area contributed by atoms with Gasteiger partial charge in [-0.3, -0.25) is 9.59 Å². The Morgan fingerprint density at radius 2 is 1.27 bits per heavy atom. The van der Waals surface area contributed by atoms with Crippen molar-refractivity contribution in [1.29, 1.82) is 0 Å². The fourth-order valence-corrected chi connectivity index (χ4v) is 2.62. The maximum Gasteiger partial charge on any atom is 0.311 e. The first-order valence-electron chi connectivity index (χ1n) is 7.57. The highest BCUT2D eigenvalue weighted by Crippen LogP contribution is 2.29. The third kappa shape index (κ3) is 5.74. The molecule has 6 nitrogen and oxygen atoms in total. The standard InChI is InChI=1S/C8H15NO2.C7H13NO2.ClH/c1-8(7(10)11-2)3-5-9-6-4-8;1-7(6(9)10)2-4-8-5-3-7;/h9H,3-6H2,1-2H3;8H,2-5H2,1H3,(H,9,10);1H. The Labute approximate surface area is 138 Å². The van der Waals surface area contributed by atoms with Crippen LogP contribution >= 0.6 is 12.4 Å². The lowest BCUT2D eigenvalue weighted by Crippen LogP contribution is -2.40. The van der Waals surface area contributed by atoms with Crippen molar-refractivity contribution in [2.45, 2.75) is 39.5 Å². The van der Waals surface area contributed by atoms with Crippen molar-refractivity contribution in [3.05, 3.63) is 0 Å². The van der Waals surface area contributed by atoms with E-state index in [9.17, 15) is 9.59 Å². The summed E-state index contributed by atoms with van der Waals surface area (Å²) in [6, 6.07) is 0. The number of carbonyl (C=O) groups is 2. The molecule has 0 bridgehead atoms. The van der Waals surface area contributed by atoms with Gasteiger partial charge in [-0.15, -0.1) is 12.4 Å². The number of aliphatic carboxylic acids is 1. The number of ether oxygens (including phenoxy) is 1. The third-order valence-electron chi connectivity index (χ3n) is 4.61. The van der Waals surface area contributed by atoms with E-state index in [-0.39, 0.29) is 23.8 Å². The maximum atomic E-state index is 11.2. The number of hydrogen-bond acceptors (Lipinski definition) is 5. The summed E-state index contributed by atoms with van der Waals surface area (Å²) >= 11 is 0. The highest BCUT2D eigenvalue weighted by molar-refractivity contribution is 5.85. The number of hydrogen-bond donors (Lipinski definition) is 3. The minimum absolute atomic E-state index is 0. The van der Waals surface area contributed by atoms with Crippen LogP contribution in [0.15, 0.2) is 0 Å². The van der Waals surface area contributed by atoms with Crippen LogP contribution in [0.1, 0.15) is 39.5 Å². The molecule has 0 aliphatic carbocycles. The molecule has 7 heteroatoms. The molecule has 0 aromatic carbocycles. The van der Waals surface area contributed by atoms with Gasteiger partial charge in [-0.25, -0.2) is 0 Å². The predicted octanol–water partition coefficient (Wildman–Crippen LogP) is 1.43. The minimum atomic E-state index is -0.658. The molecule has 0 aromatic rings. The van der Waals surface area contributed by atoms with E-state index in [1.54, 1.807) is 0 Å². The summed E-state index contributed by atoms with van der Waals surface area (Å²) < 4.78 is 4.73. The van der Waals surface area contributed by atoms with Gasteiger partial charge in [0.15, 0.2) is 0 Å². The van der Waals surface area contributed by atoms with Crippen molar-refractivity contribution in [1.82, 2.24) is 10.6 Å². The number of esters is 1. The fourth-order valence-electron chi connectivity index (χ4n) is 2.62. The quantitative estimate of drug-likeness (QED) is 0.661. The van der Waals surface area contributed by atoms with Gasteiger partial charge < -0.3 is 20.5 Å². The zero-order chi connectivity index (χ0) is 15.9. The summed E-state index contributed by atoms with van der Waals surface area (Å²) in [5.41, 5.74) is -0.703. The number of carbonyl (C=O) groups excluding carboxylic acids is 1. The van der Waals surface area contributed by atoms with E-state index in [4.69, 9.17) is 9.84 Å². The summed E-state index contributed by atoms with van der Waals surface area (Å²) in [5, 5.41) is 15.1. The molecule has 130 valence electrons. The van der Waals surface area contributed by atoms with Crippen molar-refractivity contribution in [2.75, 3.05) is 33.3 Å². The van der Waals surface area contributed by atoms with Gasteiger partial charge in [-0.2, -0.15) is 0 Å². The number of rotatable bonds is 2. The van der Waals surface area contributed by atoms with Crippen LogP contribution < -0.4 is 10.6 Å². The van der Waals surface area contributed by atoms with Crippen molar-refractivity contribution in [3.8, 4) is 0 Å². The van der Waals surface area contributed by atoms with Gasteiger partial charge >= 0.3 is 11.9 Å². The molecule has 22 heavy (non-hydrogen) atoms. The summed E-state index contributed by atoms with van der Waals surface area (Å²) in [4.78, 5) is 21.9. The first-order valence-corrected chi connectivity index (χ1v) is 7.57. The summed E-state index contributed by atoms with van der Waals surface area (Å²) in [6.45, 7) is 7.30. The fraction of sp³-hybridized carbons (Fsp3) is 0.867. The lowest BCUT2D eigenvalue weighted by atomic mass is 9.81. The van der Waals surface area contributed by atoms with Crippen LogP contribution in [0.2, 0.25) is 0 Å². The lowest BCUT2D eigenvalue weighted by molar-refractivity contribution is -0.153. The lowest BCUT2D eigenvalue weighted by Gasteiger charge is -2.30. The zero-order valence-electron chi connectivity index (χ0n) is 13.7. The van der Waals surface area contributed by atoms with Crippen molar-refractivity contribution < 1.29 is 19.4 Å². The average Bonchev–Trinajstić information content (AvgIpc) is 2.48. The van der Waals surface area contributed by atoms with E-state index in [1.807, 2.05) is 13.8 Å². The first kappa shape index (κ1) is 21.1. The van der Waals surface area contributed by atoms with Crippen LogP contribution in [-0.2, 0) is 14.3 Å². The monoisotopic (exact) mass is 336 g/mol. The van der Waals surface area contributed by atoms with Crippen LogP contribution in [0.3, 0.4) is 0 Å². The molecule has 2 rings (SSSR count). The Hall–Kier alpha value is -0.850. The van der Waals surface area contributed by atoms with Crippen LogP contribution in [-0.4, -0.2) is 50.3 Å². The SMILES string of the molecule is CC1(C(=O)O)CCNCC1.COC(=O)C1(C)CCNCC1.Cl. The second-order valence-electron chi connectivity index (χ2n) is 6.42. The van der Waals surface area contributed by atoms with E-state index < -0.39 is 11.4 Å². The Balaban J connectivity index is 0.000000385. The molecule has 2 fully saturated rings. The Morgan fingerprint density at radius 3 is 1.55 bits per heavy atom. The summed E-state index contributed by atoms with van der Waals surface area (Å²) in [6.07, 6.45) is 3.28. The molecule has 0 saturated carbocycles. The van der Waals surface area contributed by atoms with Crippen LogP contribution in [0.5, 0.6) is 0 Å². The first-order chi connectivity index (χ1) is 9.84. The number of methoxy groups -OCH3 is 1. The van der Waals surface area contributed by atoms with Crippen LogP contribution in [0.4, 0.5) is 0 Å². The molecular weight excluding hydrogens is 308 g/mol. The van der Waals surface area contributed by atoms with E-state index in [0.29, 0.717) is 0 Å². The average molecular weight is 337 g/mol. The van der Waals surface area contributed by atoms with Gasteiger partial charge in [0.2, 0.25) is 0 Å². The molecule has 0 amide bonds. The second-order valence-corrected chi connectivity index (χ2v) is 6.42. The third-order valence-corrected chi connectivity index (χ3v) is 4.61. The number of nitrogens with one attached hydrogen (secondary N) is 2. The summed E-state index contributed by atoms with van der Waals surface area (Å²) in [5.74, 6) is -0.729. The number of carboxylic acids is 1. The van der Waals surface area contributed by atoms with Gasteiger partial charge in [0.05, 0.1) is 17.9 Å². The topological polar surface area (TPSA) is 87.7 Å². The van der Waals surface area contributed by atoms with Gasteiger partial charge in [0.25, 0.3) is 0 Å². The highest BCUT2D eigenvalue weighted by Gasteiger charge is 2.35.